The van der Waals surface area contributed by atoms with Crippen molar-refractivity contribution in [1.82, 2.24) is 0 Å². The van der Waals surface area contributed by atoms with Crippen molar-refractivity contribution < 1.29 is 9.90 Å². The molecule has 6 aliphatic rings. The van der Waals surface area contributed by atoms with E-state index in [1.54, 1.807) is 0 Å². The first-order valence-electron chi connectivity index (χ1n) is 15.1. The average molecular weight is 500 g/mol. The van der Waals surface area contributed by atoms with Gasteiger partial charge in [-0.05, 0) is 122 Å². The van der Waals surface area contributed by atoms with Gasteiger partial charge in [0.25, 0.3) is 0 Å². The summed E-state index contributed by atoms with van der Waals surface area (Å²) < 4.78 is 0. The van der Waals surface area contributed by atoms with Crippen LogP contribution in [0.25, 0.3) is 0 Å². The minimum Gasteiger partial charge on any atom is -0.393 e. The predicted octanol–water partition coefficient (Wildman–Crippen LogP) is 6.90. The lowest BCUT2D eigenvalue weighted by atomic mass is 9.44. The zero-order chi connectivity index (χ0) is 25.8. The lowest BCUT2D eigenvalue weighted by Crippen LogP contribution is -2.54. The second-order valence-corrected chi connectivity index (χ2v) is 13.5. The molecule has 4 saturated carbocycles. The van der Waals surface area contributed by atoms with E-state index in [0.717, 1.165) is 25.7 Å². The summed E-state index contributed by atoms with van der Waals surface area (Å²) >= 11 is 0. The van der Waals surface area contributed by atoms with Crippen molar-refractivity contribution in [2.75, 3.05) is 18.0 Å². The molecule has 1 heterocycles. The molecule has 5 aliphatic carbocycles. The molecule has 1 aromatic rings. The average Bonchev–Trinajstić information content (AvgIpc) is 3.50. The molecule has 1 aliphatic heterocycles. The quantitative estimate of drug-likeness (QED) is 0.450. The Morgan fingerprint density at radius 2 is 1.73 bits per heavy atom. The van der Waals surface area contributed by atoms with Gasteiger partial charge in [0.1, 0.15) is 0 Å². The number of ketones is 1. The van der Waals surface area contributed by atoms with Gasteiger partial charge in [-0.25, -0.2) is 0 Å². The number of allylic oxidation sites excluding steroid dienone is 1. The Bertz CT molecular complexity index is 1090. The van der Waals surface area contributed by atoms with Crippen molar-refractivity contribution in [3.8, 4) is 12.3 Å². The number of carbonyl (C=O) groups is 1. The van der Waals surface area contributed by atoms with Crippen LogP contribution in [0.4, 0.5) is 5.69 Å². The van der Waals surface area contributed by atoms with E-state index in [2.05, 4.69) is 48.9 Å². The smallest absolute Gasteiger partial charge is 0.155 e. The number of aliphatic hydroxyl groups is 1. The summed E-state index contributed by atoms with van der Waals surface area (Å²) in [7, 11) is 0. The molecule has 0 radical (unpaired) electrons. The summed E-state index contributed by atoms with van der Waals surface area (Å²) in [5.74, 6) is 5.96. The second-order valence-electron chi connectivity index (χ2n) is 13.5. The largest absolute Gasteiger partial charge is 0.393 e. The maximum atomic E-state index is 12.3. The normalized spacial score (nSPS) is 40.5. The lowest BCUT2D eigenvalue weighted by molar-refractivity contribution is -0.118. The van der Waals surface area contributed by atoms with Gasteiger partial charge in [-0.3, -0.25) is 4.79 Å². The van der Waals surface area contributed by atoms with Gasteiger partial charge in [0.15, 0.2) is 5.78 Å². The van der Waals surface area contributed by atoms with E-state index in [0.29, 0.717) is 41.8 Å². The molecule has 7 atom stereocenters. The second kappa shape index (κ2) is 9.60. The van der Waals surface area contributed by atoms with Crippen LogP contribution in [0.2, 0.25) is 0 Å². The molecule has 1 saturated heterocycles. The summed E-state index contributed by atoms with van der Waals surface area (Å²) in [5.41, 5.74) is 4.41. The number of hydrogen-bond acceptors (Lipinski definition) is 3. The van der Waals surface area contributed by atoms with Crippen molar-refractivity contribution in [2.45, 2.75) is 96.5 Å². The molecule has 5 fully saturated rings. The summed E-state index contributed by atoms with van der Waals surface area (Å²) in [6, 6.07) is 9.49. The Balaban J connectivity index is 0.000000453. The molecule has 198 valence electrons. The highest BCUT2D eigenvalue weighted by Crippen LogP contribution is 2.68. The minimum atomic E-state index is -0.169. The Morgan fingerprint density at radius 3 is 2.38 bits per heavy atom. The molecule has 0 aromatic heterocycles. The predicted molar refractivity (Wildman–Crippen MR) is 150 cm³/mol. The van der Waals surface area contributed by atoms with Crippen LogP contribution in [-0.4, -0.2) is 30.1 Å². The highest BCUT2D eigenvalue weighted by atomic mass is 16.3. The van der Waals surface area contributed by atoms with Gasteiger partial charge in [0.05, 0.1) is 6.10 Å². The molecular weight excluding hydrogens is 454 g/mol. The van der Waals surface area contributed by atoms with Crippen LogP contribution < -0.4 is 4.90 Å². The van der Waals surface area contributed by atoms with E-state index >= 15 is 0 Å². The number of carbonyl (C=O) groups excluding carboxylic acids is 1. The number of aliphatic hydroxyl groups excluding tert-OH is 1. The molecule has 1 aromatic carbocycles. The van der Waals surface area contributed by atoms with Gasteiger partial charge in [-0.15, -0.1) is 12.3 Å². The SMILES string of the molecule is C#CC1CC1.CC12CCC(=O)C=C1CCC1C2C(c2ccc(N3CCCC3)cc2)CC2(C)C(O)CCC12. The molecule has 0 bridgehead atoms. The number of anilines is 1. The Kier molecular flexibility index (Phi) is 6.55. The summed E-state index contributed by atoms with van der Waals surface area (Å²) in [6.45, 7) is 7.22. The zero-order valence-corrected chi connectivity index (χ0v) is 22.9. The topological polar surface area (TPSA) is 40.5 Å². The van der Waals surface area contributed by atoms with Crippen molar-refractivity contribution in [1.29, 1.82) is 0 Å². The third-order valence-electron chi connectivity index (χ3n) is 11.5. The standard InChI is InChI=1S/C29H39NO2.C5H6/c1-28-14-13-22(31)17-20(28)7-10-23-25-11-12-26(32)29(25,2)18-24(27(23)28)19-5-8-21(9-6-19)30-15-3-4-16-30;1-2-5-3-4-5/h5-6,8-9,17,23-27,32H,3-4,7,10-16,18H2,1-2H3;1,5H,3-4H2. The molecular formula is C34H45NO2. The van der Waals surface area contributed by atoms with Crippen LogP contribution in [-0.2, 0) is 4.79 Å². The van der Waals surface area contributed by atoms with Crippen molar-refractivity contribution in [3.63, 3.8) is 0 Å². The molecule has 7 unspecified atom stereocenters. The fraction of sp³-hybridized carbons (Fsp3) is 0.676. The summed E-state index contributed by atoms with van der Waals surface area (Å²) in [4.78, 5) is 14.8. The van der Waals surface area contributed by atoms with Crippen molar-refractivity contribution in [3.05, 3.63) is 41.5 Å². The van der Waals surface area contributed by atoms with Crippen LogP contribution in [0.1, 0.15) is 96.0 Å². The van der Waals surface area contributed by atoms with E-state index in [9.17, 15) is 9.90 Å². The van der Waals surface area contributed by atoms with E-state index < -0.39 is 0 Å². The zero-order valence-electron chi connectivity index (χ0n) is 22.9. The maximum Gasteiger partial charge on any atom is 0.155 e. The first-order valence-corrected chi connectivity index (χ1v) is 15.1. The monoisotopic (exact) mass is 499 g/mol. The van der Waals surface area contributed by atoms with Gasteiger partial charge in [0.2, 0.25) is 0 Å². The van der Waals surface area contributed by atoms with Crippen LogP contribution in [0.15, 0.2) is 35.9 Å². The minimum absolute atomic E-state index is 0.0293. The van der Waals surface area contributed by atoms with E-state index in [1.807, 2.05) is 6.08 Å². The van der Waals surface area contributed by atoms with Gasteiger partial charge in [-0.1, -0.05) is 31.6 Å². The van der Waals surface area contributed by atoms with Crippen LogP contribution in [0.3, 0.4) is 0 Å². The summed E-state index contributed by atoms with van der Waals surface area (Å²) in [5, 5.41) is 11.1. The third-order valence-corrected chi connectivity index (χ3v) is 11.5. The van der Waals surface area contributed by atoms with Crippen LogP contribution >= 0.6 is 0 Å². The molecule has 1 N–H and O–H groups in total. The molecule has 3 heteroatoms. The lowest BCUT2D eigenvalue weighted by Gasteiger charge is -2.61. The van der Waals surface area contributed by atoms with Crippen molar-refractivity contribution in [2.24, 2.45) is 34.5 Å². The van der Waals surface area contributed by atoms with Gasteiger partial charge < -0.3 is 10.0 Å². The van der Waals surface area contributed by atoms with Crippen molar-refractivity contribution >= 4 is 11.5 Å². The highest BCUT2D eigenvalue weighted by molar-refractivity contribution is 5.91. The van der Waals surface area contributed by atoms with E-state index in [1.165, 1.54) is 68.4 Å². The number of benzene rings is 1. The number of rotatable bonds is 2. The number of fused-ring (bicyclic) bond motifs is 5. The molecule has 3 nitrogen and oxygen atoms in total. The fourth-order valence-electron chi connectivity index (χ4n) is 9.20. The van der Waals surface area contributed by atoms with Gasteiger partial charge in [-0.2, -0.15) is 0 Å². The molecule has 37 heavy (non-hydrogen) atoms. The molecule has 0 amide bonds. The third kappa shape index (κ3) is 4.38. The number of hydrogen-bond donors (Lipinski definition) is 1. The number of terminal acetylenes is 1. The van der Waals surface area contributed by atoms with Crippen LogP contribution in [0, 0.1) is 46.8 Å². The van der Waals surface area contributed by atoms with Gasteiger partial charge in [0, 0.05) is 31.1 Å². The Morgan fingerprint density at radius 1 is 1.00 bits per heavy atom. The van der Waals surface area contributed by atoms with E-state index in [-0.39, 0.29) is 16.9 Å². The molecule has 7 rings (SSSR count). The Labute approximate surface area is 224 Å². The fourth-order valence-corrected chi connectivity index (χ4v) is 9.20. The molecule has 0 spiro atoms. The Hall–Kier alpha value is -2.05. The van der Waals surface area contributed by atoms with Crippen LogP contribution in [0.5, 0.6) is 0 Å². The number of nitrogens with zero attached hydrogens (tertiary/aromatic N) is 1. The maximum absolute atomic E-state index is 12.3. The first kappa shape index (κ1) is 25.2. The first-order chi connectivity index (χ1) is 17.8. The highest BCUT2D eigenvalue weighted by Gasteiger charge is 2.62. The summed E-state index contributed by atoms with van der Waals surface area (Å²) in [6.07, 6.45) is 19.2. The van der Waals surface area contributed by atoms with Gasteiger partial charge >= 0.3 is 0 Å². The van der Waals surface area contributed by atoms with E-state index in [4.69, 9.17) is 6.42 Å².